The van der Waals surface area contributed by atoms with Crippen molar-refractivity contribution < 1.29 is 28.9 Å². The zero-order valence-corrected chi connectivity index (χ0v) is 16.4. The second kappa shape index (κ2) is 11.0. The third-order valence-corrected chi connectivity index (χ3v) is 5.29. The molecule has 1 amide bonds. The molecule has 0 aromatic heterocycles. The lowest BCUT2D eigenvalue weighted by molar-refractivity contribution is -0.125. The van der Waals surface area contributed by atoms with Gasteiger partial charge in [0.1, 0.15) is 18.0 Å². The SMILES string of the molecule is O=C(C[C@@H]1O[C@H](CNCc2ccc(F)cc2)[C@@H](O)[C@H]1O)NCCN1CCOCC1. The van der Waals surface area contributed by atoms with Gasteiger partial charge < -0.3 is 30.3 Å². The lowest BCUT2D eigenvalue weighted by Gasteiger charge is -2.26. The quantitative estimate of drug-likeness (QED) is 0.424. The predicted molar refractivity (Wildman–Crippen MR) is 104 cm³/mol. The Morgan fingerprint density at radius 1 is 1.14 bits per heavy atom. The number of nitrogens with zero attached hydrogens (tertiary/aromatic N) is 1. The Morgan fingerprint density at radius 3 is 2.55 bits per heavy atom. The maximum atomic E-state index is 12.9. The van der Waals surface area contributed by atoms with Crippen LogP contribution >= 0.6 is 0 Å². The highest BCUT2D eigenvalue weighted by Crippen LogP contribution is 2.23. The summed E-state index contributed by atoms with van der Waals surface area (Å²) in [4.78, 5) is 14.4. The van der Waals surface area contributed by atoms with E-state index in [1.165, 1.54) is 12.1 Å². The lowest BCUT2D eigenvalue weighted by atomic mass is 10.1. The first-order valence-electron chi connectivity index (χ1n) is 10.1. The standard InChI is InChI=1S/C20H30FN3O5/c21-15-3-1-14(2-4-15)12-22-13-17-20(27)19(26)16(29-17)11-18(25)23-5-6-24-7-9-28-10-8-24/h1-4,16-17,19-20,22,26-27H,5-13H2,(H,23,25)/t16-,17+,19-,20+/m0/s1. The first-order chi connectivity index (χ1) is 14.0. The van der Waals surface area contributed by atoms with Gasteiger partial charge in [-0.3, -0.25) is 9.69 Å². The summed E-state index contributed by atoms with van der Waals surface area (Å²) in [5.41, 5.74) is 0.899. The lowest BCUT2D eigenvalue weighted by Crippen LogP contribution is -2.42. The molecule has 0 radical (unpaired) electrons. The van der Waals surface area contributed by atoms with E-state index in [-0.39, 0.29) is 18.1 Å². The van der Waals surface area contributed by atoms with Gasteiger partial charge in [-0.15, -0.1) is 0 Å². The van der Waals surface area contributed by atoms with E-state index in [1.807, 2.05) is 0 Å². The van der Waals surface area contributed by atoms with Crippen molar-refractivity contribution in [1.29, 1.82) is 0 Å². The predicted octanol–water partition coefficient (Wildman–Crippen LogP) is -0.757. The normalized spacial score (nSPS) is 27.8. The third kappa shape index (κ3) is 6.70. The molecule has 4 atom stereocenters. The average molecular weight is 411 g/mol. The van der Waals surface area contributed by atoms with Crippen LogP contribution in [-0.2, 0) is 20.8 Å². The molecule has 0 bridgehead atoms. The fourth-order valence-electron chi connectivity index (χ4n) is 3.56. The number of hydrogen-bond donors (Lipinski definition) is 4. The van der Waals surface area contributed by atoms with Crippen molar-refractivity contribution in [3.05, 3.63) is 35.6 Å². The van der Waals surface area contributed by atoms with Crippen LogP contribution < -0.4 is 10.6 Å². The monoisotopic (exact) mass is 411 g/mol. The van der Waals surface area contributed by atoms with Gasteiger partial charge in [0.15, 0.2) is 0 Å². The third-order valence-electron chi connectivity index (χ3n) is 5.29. The van der Waals surface area contributed by atoms with Gasteiger partial charge in [0.25, 0.3) is 0 Å². The van der Waals surface area contributed by atoms with Crippen LogP contribution in [0.2, 0.25) is 0 Å². The molecule has 2 heterocycles. The van der Waals surface area contributed by atoms with Crippen molar-refractivity contribution in [3.8, 4) is 0 Å². The van der Waals surface area contributed by atoms with Crippen LogP contribution in [0, 0.1) is 5.82 Å². The van der Waals surface area contributed by atoms with Gasteiger partial charge in [-0.05, 0) is 17.7 Å². The fourth-order valence-corrected chi connectivity index (χ4v) is 3.56. The maximum Gasteiger partial charge on any atom is 0.222 e. The van der Waals surface area contributed by atoms with E-state index in [0.29, 0.717) is 32.8 Å². The van der Waals surface area contributed by atoms with Gasteiger partial charge in [-0.2, -0.15) is 0 Å². The number of carbonyl (C=O) groups is 1. The van der Waals surface area contributed by atoms with E-state index in [0.717, 1.165) is 25.2 Å². The summed E-state index contributed by atoms with van der Waals surface area (Å²) in [6, 6.07) is 6.12. The van der Waals surface area contributed by atoms with Crippen molar-refractivity contribution >= 4 is 5.91 Å². The van der Waals surface area contributed by atoms with Crippen LogP contribution in [0.3, 0.4) is 0 Å². The number of rotatable bonds is 9. The van der Waals surface area contributed by atoms with Crippen molar-refractivity contribution in [1.82, 2.24) is 15.5 Å². The minimum atomic E-state index is -1.11. The van der Waals surface area contributed by atoms with Crippen LogP contribution in [0.5, 0.6) is 0 Å². The van der Waals surface area contributed by atoms with Crippen molar-refractivity contribution in [3.63, 3.8) is 0 Å². The molecule has 1 aromatic rings. The number of halogens is 1. The van der Waals surface area contributed by atoms with E-state index in [1.54, 1.807) is 12.1 Å². The molecular formula is C20H30FN3O5. The Hall–Kier alpha value is -1.62. The summed E-state index contributed by atoms with van der Waals surface area (Å²) < 4.78 is 23.9. The molecule has 0 saturated carbocycles. The van der Waals surface area contributed by atoms with Crippen LogP contribution in [0.15, 0.2) is 24.3 Å². The first kappa shape index (κ1) is 22.1. The Kier molecular flexibility index (Phi) is 8.34. The van der Waals surface area contributed by atoms with E-state index in [2.05, 4.69) is 15.5 Å². The summed E-state index contributed by atoms with van der Waals surface area (Å²) in [6.45, 7) is 5.21. The highest BCUT2D eigenvalue weighted by atomic mass is 19.1. The first-order valence-corrected chi connectivity index (χ1v) is 10.1. The van der Waals surface area contributed by atoms with Crippen LogP contribution in [0.1, 0.15) is 12.0 Å². The van der Waals surface area contributed by atoms with Crippen LogP contribution in [0.25, 0.3) is 0 Å². The molecule has 162 valence electrons. The summed E-state index contributed by atoms with van der Waals surface area (Å²) in [6.07, 6.45) is -3.54. The topological polar surface area (TPSA) is 103 Å². The molecule has 4 N–H and O–H groups in total. The van der Waals surface area contributed by atoms with Gasteiger partial charge in [0.2, 0.25) is 5.91 Å². The van der Waals surface area contributed by atoms with E-state index in [9.17, 15) is 19.4 Å². The highest BCUT2D eigenvalue weighted by Gasteiger charge is 2.43. The number of amides is 1. The Bertz CT molecular complexity index is 642. The van der Waals surface area contributed by atoms with Gasteiger partial charge in [0.05, 0.1) is 31.8 Å². The molecule has 8 nitrogen and oxygen atoms in total. The molecule has 2 saturated heterocycles. The largest absolute Gasteiger partial charge is 0.388 e. The van der Waals surface area contributed by atoms with Crippen LogP contribution in [0.4, 0.5) is 4.39 Å². The molecule has 2 fully saturated rings. The number of benzene rings is 1. The molecule has 0 unspecified atom stereocenters. The number of ether oxygens (including phenoxy) is 2. The van der Waals surface area contributed by atoms with Crippen molar-refractivity contribution in [2.24, 2.45) is 0 Å². The molecule has 3 rings (SSSR count). The van der Waals surface area contributed by atoms with E-state index in [4.69, 9.17) is 9.47 Å². The second-order valence-corrected chi connectivity index (χ2v) is 7.46. The summed E-state index contributed by atoms with van der Waals surface area (Å²) in [5, 5.41) is 26.4. The molecule has 0 aliphatic carbocycles. The summed E-state index contributed by atoms with van der Waals surface area (Å²) in [5.74, 6) is -0.507. The number of aliphatic hydroxyl groups excluding tert-OH is 2. The summed E-state index contributed by atoms with van der Waals surface area (Å²) in [7, 11) is 0. The van der Waals surface area contributed by atoms with Crippen LogP contribution in [-0.4, -0.2) is 91.4 Å². The number of carbonyl (C=O) groups excluding carboxylic acids is 1. The number of aliphatic hydroxyl groups is 2. The van der Waals surface area contributed by atoms with Gasteiger partial charge in [-0.25, -0.2) is 4.39 Å². The minimum Gasteiger partial charge on any atom is -0.388 e. The minimum absolute atomic E-state index is 0.00417. The summed E-state index contributed by atoms with van der Waals surface area (Å²) >= 11 is 0. The molecule has 0 spiro atoms. The molecule has 9 heteroatoms. The van der Waals surface area contributed by atoms with Crippen molar-refractivity contribution in [2.45, 2.75) is 37.4 Å². The molecule has 2 aliphatic rings. The highest BCUT2D eigenvalue weighted by molar-refractivity contribution is 5.76. The Morgan fingerprint density at radius 2 is 1.83 bits per heavy atom. The molecule has 2 aliphatic heterocycles. The van der Waals surface area contributed by atoms with Gasteiger partial charge in [-0.1, -0.05) is 12.1 Å². The zero-order valence-electron chi connectivity index (χ0n) is 16.4. The van der Waals surface area contributed by atoms with Gasteiger partial charge in [0, 0.05) is 39.3 Å². The number of morpholine rings is 1. The second-order valence-electron chi connectivity index (χ2n) is 7.46. The Labute approximate surface area is 170 Å². The van der Waals surface area contributed by atoms with Crippen molar-refractivity contribution in [2.75, 3.05) is 45.9 Å². The fraction of sp³-hybridized carbons (Fsp3) is 0.650. The Balaban J connectivity index is 1.35. The zero-order chi connectivity index (χ0) is 20.6. The average Bonchev–Trinajstić information content (AvgIpc) is 2.98. The van der Waals surface area contributed by atoms with E-state index < -0.39 is 24.4 Å². The van der Waals surface area contributed by atoms with Gasteiger partial charge >= 0.3 is 0 Å². The molecular weight excluding hydrogens is 381 g/mol. The number of nitrogens with one attached hydrogen (secondary N) is 2. The molecule has 1 aromatic carbocycles. The maximum absolute atomic E-state index is 12.9. The smallest absolute Gasteiger partial charge is 0.222 e. The molecule has 29 heavy (non-hydrogen) atoms. The van der Waals surface area contributed by atoms with E-state index >= 15 is 0 Å². The number of hydrogen-bond acceptors (Lipinski definition) is 7.